The third kappa shape index (κ3) is 4.60. The van der Waals surface area contributed by atoms with Crippen LogP contribution in [0.2, 0.25) is 0 Å². The summed E-state index contributed by atoms with van der Waals surface area (Å²) in [5.41, 5.74) is 1.53. The molecule has 2 aromatic carbocycles. The van der Waals surface area contributed by atoms with Gasteiger partial charge < -0.3 is 4.74 Å². The Morgan fingerprint density at radius 2 is 1.84 bits per heavy atom. The van der Waals surface area contributed by atoms with Gasteiger partial charge in [-0.2, -0.15) is 0 Å². The number of para-hydroxylation sites is 1. The predicted octanol–water partition coefficient (Wildman–Crippen LogP) is 3.68. The number of hydrogen-bond acceptors (Lipinski definition) is 7. The highest BCUT2D eigenvalue weighted by molar-refractivity contribution is 7.91. The Hall–Kier alpha value is -2.82. The van der Waals surface area contributed by atoms with Crippen molar-refractivity contribution in [3.8, 4) is 5.75 Å². The summed E-state index contributed by atoms with van der Waals surface area (Å²) >= 11 is 0.803. The molecule has 1 aromatic heterocycles. The molecule has 10 heteroatoms. The first-order valence-corrected chi connectivity index (χ1v) is 12.0. The van der Waals surface area contributed by atoms with Crippen LogP contribution in [0, 0.1) is 6.92 Å². The molecule has 0 unspecified atom stereocenters. The zero-order chi connectivity index (χ0) is 22.2. The van der Waals surface area contributed by atoms with Crippen molar-refractivity contribution in [3.63, 3.8) is 0 Å². The van der Waals surface area contributed by atoms with Crippen LogP contribution in [0.4, 0.5) is 5.13 Å². The fourth-order valence-corrected chi connectivity index (χ4v) is 5.63. The smallest absolute Gasteiger partial charge is 0.270 e. The van der Waals surface area contributed by atoms with Crippen LogP contribution in [0.3, 0.4) is 0 Å². The second-order valence-corrected chi connectivity index (χ2v) is 10.8. The second-order valence-electron chi connectivity index (χ2n) is 7.92. The molecule has 2 heterocycles. The van der Waals surface area contributed by atoms with Crippen molar-refractivity contribution in [1.29, 1.82) is 0 Å². The summed E-state index contributed by atoms with van der Waals surface area (Å²) in [6, 6.07) is 14.0. The number of ether oxygens (including phenoxy) is 1. The SMILES string of the molecule is Cc1ccccc1C(=O)Nc1nnc(S(=O)(=O)N[C@@H]2CC(C)(C)Oc3ccccc32)s1. The number of amides is 1. The summed E-state index contributed by atoms with van der Waals surface area (Å²) in [7, 11) is -3.95. The Morgan fingerprint density at radius 1 is 1.13 bits per heavy atom. The van der Waals surface area contributed by atoms with E-state index in [2.05, 4.69) is 20.2 Å². The maximum atomic E-state index is 13.0. The van der Waals surface area contributed by atoms with Crippen LogP contribution in [-0.2, 0) is 10.0 Å². The molecule has 1 atom stereocenters. The second kappa shape index (κ2) is 8.03. The quantitative estimate of drug-likeness (QED) is 0.565. The number of rotatable bonds is 5. The topological polar surface area (TPSA) is 110 Å². The lowest BCUT2D eigenvalue weighted by Gasteiger charge is -2.37. The van der Waals surface area contributed by atoms with Gasteiger partial charge in [0.2, 0.25) is 9.47 Å². The van der Waals surface area contributed by atoms with Crippen molar-refractivity contribution in [2.45, 2.75) is 43.2 Å². The van der Waals surface area contributed by atoms with Crippen LogP contribution in [0.1, 0.15) is 47.8 Å². The standard InChI is InChI=1S/C21H22N4O4S2/c1-13-8-4-5-9-14(13)18(26)22-19-23-24-20(30-19)31(27,28)25-16-12-21(2,3)29-17-11-7-6-10-15(16)17/h4-11,16,25H,12H2,1-3H3,(H,22,23,26)/t16-/m1/s1. The van der Waals surface area contributed by atoms with Gasteiger partial charge in [-0.1, -0.05) is 47.7 Å². The number of carbonyl (C=O) groups excluding carboxylic acids is 1. The van der Waals surface area contributed by atoms with E-state index in [0.29, 0.717) is 17.7 Å². The minimum Gasteiger partial charge on any atom is -0.487 e. The van der Waals surface area contributed by atoms with Gasteiger partial charge in [0.25, 0.3) is 15.9 Å². The highest BCUT2D eigenvalue weighted by Gasteiger charge is 2.36. The van der Waals surface area contributed by atoms with E-state index in [1.807, 2.05) is 57.2 Å². The van der Waals surface area contributed by atoms with Crippen LogP contribution < -0.4 is 14.8 Å². The molecule has 0 saturated carbocycles. The van der Waals surface area contributed by atoms with Gasteiger partial charge in [-0.25, -0.2) is 13.1 Å². The van der Waals surface area contributed by atoms with Crippen molar-refractivity contribution in [2.24, 2.45) is 0 Å². The van der Waals surface area contributed by atoms with E-state index in [9.17, 15) is 13.2 Å². The average molecular weight is 459 g/mol. The molecule has 31 heavy (non-hydrogen) atoms. The van der Waals surface area contributed by atoms with E-state index in [1.165, 1.54) is 0 Å². The molecule has 4 rings (SSSR count). The van der Waals surface area contributed by atoms with Crippen molar-refractivity contribution in [2.75, 3.05) is 5.32 Å². The molecule has 0 aliphatic carbocycles. The van der Waals surface area contributed by atoms with Crippen LogP contribution in [-0.4, -0.2) is 30.1 Å². The van der Waals surface area contributed by atoms with Gasteiger partial charge >= 0.3 is 0 Å². The van der Waals surface area contributed by atoms with Crippen molar-refractivity contribution in [1.82, 2.24) is 14.9 Å². The number of nitrogens with one attached hydrogen (secondary N) is 2. The van der Waals surface area contributed by atoms with E-state index in [1.54, 1.807) is 12.1 Å². The van der Waals surface area contributed by atoms with Crippen molar-refractivity contribution in [3.05, 3.63) is 65.2 Å². The van der Waals surface area contributed by atoms with Crippen molar-refractivity contribution >= 4 is 32.4 Å². The monoisotopic (exact) mass is 458 g/mol. The van der Waals surface area contributed by atoms with Gasteiger partial charge in [0.15, 0.2) is 0 Å². The Labute approximate surface area is 184 Å². The van der Waals surface area contributed by atoms with E-state index in [0.717, 1.165) is 22.5 Å². The van der Waals surface area contributed by atoms with Gasteiger partial charge in [0.1, 0.15) is 11.4 Å². The van der Waals surface area contributed by atoms with Crippen LogP contribution in [0.5, 0.6) is 5.75 Å². The molecule has 162 valence electrons. The highest BCUT2D eigenvalue weighted by atomic mass is 32.2. The summed E-state index contributed by atoms with van der Waals surface area (Å²) in [6.45, 7) is 5.64. The van der Waals surface area contributed by atoms with E-state index in [-0.39, 0.29) is 15.4 Å². The molecule has 8 nitrogen and oxygen atoms in total. The van der Waals surface area contributed by atoms with E-state index < -0.39 is 21.7 Å². The summed E-state index contributed by atoms with van der Waals surface area (Å²) < 4.78 is 34.4. The number of benzene rings is 2. The minimum absolute atomic E-state index is 0.112. The maximum Gasteiger partial charge on any atom is 0.270 e. The molecule has 3 aromatic rings. The lowest BCUT2D eigenvalue weighted by Crippen LogP contribution is -2.41. The van der Waals surface area contributed by atoms with E-state index >= 15 is 0 Å². The lowest BCUT2D eigenvalue weighted by molar-refractivity contribution is 0.0702. The molecular formula is C21H22N4O4S2. The fraction of sp³-hybridized carbons (Fsp3) is 0.286. The number of fused-ring (bicyclic) bond motifs is 1. The molecule has 0 spiro atoms. The predicted molar refractivity (Wildman–Crippen MR) is 118 cm³/mol. The summed E-state index contributed by atoms with van der Waals surface area (Å²) in [4.78, 5) is 12.5. The number of sulfonamides is 1. The summed E-state index contributed by atoms with van der Waals surface area (Å²) in [6.07, 6.45) is 0.457. The number of anilines is 1. The van der Waals surface area contributed by atoms with Gasteiger partial charge in [0, 0.05) is 17.5 Å². The first-order valence-electron chi connectivity index (χ1n) is 9.65. The third-order valence-electron chi connectivity index (χ3n) is 4.92. The average Bonchev–Trinajstić information content (AvgIpc) is 3.16. The molecular weight excluding hydrogens is 436 g/mol. The summed E-state index contributed by atoms with van der Waals surface area (Å²) in [5, 5.41) is 10.4. The number of aromatic nitrogens is 2. The zero-order valence-electron chi connectivity index (χ0n) is 17.2. The van der Waals surface area contributed by atoms with E-state index in [4.69, 9.17) is 4.74 Å². The Bertz CT molecular complexity index is 1240. The molecule has 2 N–H and O–H groups in total. The Kier molecular flexibility index (Phi) is 5.54. The Morgan fingerprint density at radius 3 is 2.61 bits per heavy atom. The fourth-order valence-electron chi connectivity index (χ4n) is 3.51. The maximum absolute atomic E-state index is 13.0. The molecule has 1 amide bonds. The number of nitrogens with zero attached hydrogens (tertiary/aromatic N) is 2. The van der Waals surface area contributed by atoms with Gasteiger partial charge in [0.05, 0.1) is 6.04 Å². The number of carbonyl (C=O) groups is 1. The first kappa shape index (κ1) is 21.4. The molecule has 0 fully saturated rings. The lowest BCUT2D eigenvalue weighted by atomic mass is 9.90. The van der Waals surface area contributed by atoms with Gasteiger partial charge in [-0.05, 0) is 38.5 Å². The van der Waals surface area contributed by atoms with Crippen LogP contribution >= 0.6 is 11.3 Å². The largest absolute Gasteiger partial charge is 0.487 e. The number of aryl methyl sites for hydroxylation is 1. The van der Waals surface area contributed by atoms with Crippen LogP contribution in [0.15, 0.2) is 52.9 Å². The zero-order valence-corrected chi connectivity index (χ0v) is 18.9. The first-order chi connectivity index (χ1) is 14.6. The molecule has 1 aliphatic heterocycles. The Balaban J connectivity index is 1.54. The molecule has 0 saturated heterocycles. The minimum atomic E-state index is -3.95. The molecule has 0 bridgehead atoms. The highest BCUT2D eigenvalue weighted by Crippen LogP contribution is 2.40. The van der Waals surface area contributed by atoms with Gasteiger partial charge in [-0.3, -0.25) is 10.1 Å². The summed E-state index contributed by atoms with van der Waals surface area (Å²) in [5.74, 6) is 0.279. The van der Waals surface area contributed by atoms with Crippen molar-refractivity contribution < 1.29 is 17.9 Å². The van der Waals surface area contributed by atoms with Gasteiger partial charge in [-0.15, -0.1) is 10.2 Å². The molecule has 0 radical (unpaired) electrons. The number of hydrogen-bond donors (Lipinski definition) is 2. The molecule has 1 aliphatic rings. The third-order valence-corrected chi connectivity index (χ3v) is 7.60. The normalized spacial score (nSPS) is 17.5. The van der Waals surface area contributed by atoms with Crippen LogP contribution in [0.25, 0.3) is 0 Å².